The molecule has 7 nitrogen and oxygen atoms in total. The van der Waals surface area contributed by atoms with Crippen LogP contribution in [0.3, 0.4) is 0 Å². The van der Waals surface area contributed by atoms with Gasteiger partial charge in [0.2, 0.25) is 0 Å². The summed E-state index contributed by atoms with van der Waals surface area (Å²) in [5.41, 5.74) is 5.15. The second-order valence-electron chi connectivity index (χ2n) is 13.4. The van der Waals surface area contributed by atoms with Crippen LogP contribution < -0.4 is 14.8 Å². The Kier molecular flexibility index (Phi) is 11.9. The predicted octanol–water partition coefficient (Wildman–Crippen LogP) is 8.50. The quantitative estimate of drug-likeness (QED) is 0.129. The van der Waals surface area contributed by atoms with Gasteiger partial charge in [-0.3, -0.25) is 14.9 Å². The molecule has 1 fully saturated rings. The Bertz CT molecular complexity index is 1730. The summed E-state index contributed by atoms with van der Waals surface area (Å²) in [6.07, 6.45) is 4.13. The fraction of sp³-hybridized carbons (Fsp3) is 0.333. The minimum absolute atomic E-state index is 0.0266. The fourth-order valence-corrected chi connectivity index (χ4v) is 5.86. The molecule has 5 rings (SSSR count). The van der Waals surface area contributed by atoms with E-state index in [0.29, 0.717) is 43.4 Å². The molecule has 0 unspecified atom stereocenters. The van der Waals surface area contributed by atoms with Crippen molar-refractivity contribution in [2.75, 3.05) is 7.05 Å². The monoisotopic (exact) mass is 660 g/mol. The molecule has 0 radical (unpaired) electrons. The number of hydrogen-bond acceptors (Lipinski definition) is 6. The molecule has 1 aliphatic rings. The van der Waals surface area contributed by atoms with Crippen LogP contribution in [0, 0.1) is 0 Å². The average Bonchev–Trinajstić information content (AvgIpc) is 3.62. The zero-order valence-corrected chi connectivity index (χ0v) is 29.2. The maximum atomic E-state index is 14.1. The van der Waals surface area contributed by atoms with Gasteiger partial charge in [0.25, 0.3) is 5.91 Å². The van der Waals surface area contributed by atoms with Crippen molar-refractivity contribution >= 4 is 17.4 Å². The number of benzene rings is 4. The largest absolute Gasteiger partial charge is 0.488 e. The van der Waals surface area contributed by atoms with Gasteiger partial charge in [0.15, 0.2) is 0 Å². The number of allylic oxidation sites excluding steroid dienone is 1. The van der Waals surface area contributed by atoms with E-state index in [4.69, 9.17) is 14.2 Å². The first-order valence-corrected chi connectivity index (χ1v) is 17.1. The van der Waals surface area contributed by atoms with E-state index in [1.165, 1.54) is 0 Å². The summed E-state index contributed by atoms with van der Waals surface area (Å²) in [5, 5.41) is 3.36. The number of nitrogens with zero attached hydrogens (tertiary/aromatic N) is 1. The van der Waals surface area contributed by atoms with Gasteiger partial charge in [-0.1, -0.05) is 91.5 Å². The summed E-state index contributed by atoms with van der Waals surface area (Å²) in [6.45, 7) is 11.3. The number of ether oxygens (including phenoxy) is 3. The van der Waals surface area contributed by atoms with Crippen LogP contribution in [-0.2, 0) is 35.8 Å². The van der Waals surface area contributed by atoms with Gasteiger partial charge in [0.05, 0.1) is 5.56 Å². The van der Waals surface area contributed by atoms with E-state index in [9.17, 15) is 9.59 Å². The van der Waals surface area contributed by atoms with Crippen LogP contribution in [0.2, 0.25) is 0 Å². The SMILES string of the molecule is C=C(C)c1cc(C(=O)N(C)Cc2cccc(CNC(C)(C)C(=O)OC3CCCC3)c2)c(OCc2ccccc2)cc1OCc1ccccc1. The number of amides is 1. The molecular weight excluding hydrogens is 612 g/mol. The second kappa shape index (κ2) is 16.5. The average molecular weight is 661 g/mol. The molecule has 1 amide bonds. The maximum absolute atomic E-state index is 14.1. The van der Waals surface area contributed by atoms with Crippen molar-refractivity contribution in [2.24, 2.45) is 0 Å². The number of carbonyl (C=O) groups excluding carboxylic acids is 2. The van der Waals surface area contributed by atoms with Crippen LogP contribution in [0.1, 0.15) is 84.6 Å². The van der Waals surface area contributed by atoms with Crippen LogP contribution >= 0.6 is 0 Å². The number of esters is 1. The van der Waals surface area contributed by atoms with Gasteiger partial charge >= 0.3 is 5.97 Å². The molecule has 7 heteroatoms. The molecule has 0 aromatic heterocycles. The molecule has 0 atom stereocenters. The van der Waals surface area contributed by atoms with Crippen LogP contribution in [-0.4, -0.2) is 35.5 Å². The molecule has 0 heterocycles. The smallest absolute Gasteiger partial charge is 0.326 e. The molecule has 49 heavy (non-hydrogen) atoms. The van der Waals surface area contributed by atoms with Crippen molar-refractivity contribution in [3.63, 3.8) is 0 Å². The molecule has 4 aromatic carbocycles. The highest BCUT2D eigenvalue weighted by Gasteiger charge is 2.32. The Morgan fingerprint density at radius 2 is 1.33 bits per heavy atom. The minimum atomic E-state index is -0.820. The first kappa shape index (κ1) is 35.4. The highest BCUT2D eigenvalue weighted by Crippen LogP contribution is 2.35. The molecule has 1 saturated carbocycles. The molecule has 256 valence electrons. The Morgan fingerprint density at radius 3 is 1.92 bits per heavy atom. The number of rotatable bonds is 15. The van der Waals surface area contributed by atoms with Crippen molar-refractivity contribution in [3.8, 4) is 11.5 Å². The normalized spacial score (nSPS) is 13.1. The lowest BCUT2D eigenvalue weighted by atomic mass is 10.0. The van der Waals surface area contributed by atoms with Gasteiger partial charge in [0.1, 0.15) is 36.4 Å². The van der Waals surface area contributed by atoms with Gasteiger partial charge < -0.3 is 19.1 Å². The zero-order chi connectivity index (χ0) is 34.8. The third kappa shape index (κ3) is 9.83. The van der Waals surface area contributed by atoms with Crippen molar-refractivity contribution in [3.05, 3.63) is 137 Å². The Morgan fingerprint density at radius 1 is 0.776 bits per heavy atom. The van der Waals surface area contributed by atoms with Gasteiger partial charge in [-0.05, 0) is 80.3 Å². The zero-order valence-electron chi connectivity index (χ0n) is 29.2. The summed E-state index contributed by atoms with van der Waals surface area (Å²) in [4.78, 5) is 28.7. The van der Waals surface area contributed by atoms with E-state index >= 15 is 0 Å². The van der Waals surface area contributed by atoms with E-state index in [0.717, 1.165) is 59.1 Å². The molecule has 1 aliphatic carbocycles. The minimum Gasteiger partial charge on any atom is -0.488 e. The molecule has 0 spiro atoms. The van der Waals surface area contributed by atoms with Gasteiger partial charge in [-0.15, -0.1) is 0 Å². The van der Waals surface area contributed by atoms with Crippen molar-refractivity contribution in [1.82, 2.24) is 10.2 Å². The molecule has 0 aliphatic heterocycles. The summed E-state index contributed by atoms with van der Waals surface area (Å²) in [6, 6.07) is 31.5. The van der Waals surface area contributed by atoms with Crippen LogP contribution in [0.15, 0.2) is 104 Å². The van der Waals surface area contributed by atoms with Crippen LogP contribution in [0.4, 0.5) is 0 Å². The lowest BCUT2D eigenvalue weighted by Gasteiger charge is -2.26. The van der Waals surface area contributed by atoms with Crippen LogP contribution in [0.5, 0.6) is 11.5 Å². The van der Waals surface area contributed by atoms with Crippen LogP contribution in [0.25, 0.3) is 5.57 Å². The topological polar surface area (TPSA) is 77.1 Å². The molecule has 4 aromatic rings. The summed E-state index contributed by atoms with van der Waals surface area (Å²) < 4.78 is 18.3. The summed E-state index contributed by atoms with van der Waals surface area (Å²) in [7, 11) is 1.79. The molecular formula is C42H48N2O5. The van der Waals surface area contributed by atoms with E-state index in [1.54, 1.807) is 11.9 Å². The first-order chi connectivity index (χ1) is 23.6. The second-order valence-corrected chi connectivity index (χ2v) is 13.4. The Balaban J connectivity index is 1.32. The standard InChI is InChI=1S/C42H48N2O5/c1-30(2)36-24-37(39(48-29-32-17-10-7-11-18-32)25-38(36)47-28-31-15-8-6-9-16-31)40(45)44(5)27-34-20-14-19-33(23-34)26-43-42(3,4)41(46)49-35-21-12-13-22-35/h6-11,14-20,23-25,35,43H,1,12-13,21-22,26-29H2,2-5H3. The molecule has 0 saturated heterocycles. The lowest BCUT2D eigenvalue weighted by Crippen LogP contribution is -2.48. The van der Waals surface area contributed by atoms with Gasteiger partial charge in [-0.2, -0.15) is 0 Å². The Hall–Kier alpha value is -4.88. The van der Waals surface area contributed by atoms with Crippen molar-refractivity contribution in [2.45, 2.75) is 84.4 Å². The fourth-order valence-electron chi connectivity index (χ4n) is 5.86. The summed E-state index contributed by atoms with van der Waals surface area (Å²) in [5.74, 6) is 0.642. The maximum Gasteiger partial charge on any atom is 0.326 e. The van der Waals surface area contributed by atoms with E-state index in [-0.39, 0.29) is 18.0 Å². The highest BCUT2D eigenvalue weighted by molar-refractivity contribution is 5.98. The van der Waals surface area contributed by atoms with Crippen molar-refractivity contribution in [1.29, 1.82) is 0 Å². The van der Waals surface area contributed by atoms with Gasteiger partial charge in [0, 0.05) is 31.8 Å². The van der Waals surface area contributed by atoms with E-state index in [2.05, 4.69) is 18.0 Å². The predicted molar refractivity (Wildman–Crippen MR) is 194 cm³/mol. The van der Waals surface area contributed by atoms with Gasteiger partial charge in [-0.25, -0.2) is 0 Å². The molecule has 1 N–H and O–H groups in total. The number of hydrogen-bond donors (Lipinski definition) is 1. The first-order valence-electron chi connectivity index (χ1n) is 17.1. The van der Waals surface area contributed by atoms with E-state index in [1.807, 2.05) is 112 Å². The highest BCUT2D eigenvalue weighted by atomic mass is 16.5. The van der Waals surface area contributed by atoms with E-state index < -0.39 is 5.54 Å². The number of carbonyl (C=O) groups is 2. The third-order valence-corrected chi connectivity index (χ3v) is 8.82. The summed E-state index contributed by atoms with van der Waals surface area (Å²) >= 11 is 0. The van der Waals surface area contributed by atoms with Crippen molar-refractivity contribution < 1.29 is 23.8 Å². The molecule has 0 bridgehead atoms. The Labute approximate surface area is 290 Å². The lowest BCUT2D eigenvalue weighted by molar-refractivity contribution is -0.155. The number of nitrogens with one attached hydrogen (secondary N) is 1. The third-order valence-electron chi connectivity index (χ3n) is 8.82.